The molecule has 0 unspecified atom stereocenters. The lowest BCUT2D eigenvalue weighted by molar-refractivity contribution is -0.113. The van der Waals surface area contributed by atoms with E-state index in [1.54, 1.807) is 22.8 Å². The van der Waals surface area contributed by atoms with Crippen molar-refractivity contribution in [3.8, 4) is 0 Å². The molecule has 1 N–H and O–H groups in total. The molecule has 3 aromatic rings. The highest BCUT2D eigenvalue weighted by Gasteiger charge is 2.20. The zero-order valence-electron chi connectivity index (χ0n) is 15.8. The Morgan fingerprint density at radius 2 is 2.04 bits per heavy atom. The molecular weight excluding hydrogens is 364 g/mol. The Balaban J connectivity index is 1.73. The number of hydrogen-bond donors (Lipinski definition) is 1. The fraction of sp³-hybridized carbons (Fsp3) is 0.368. The van der Waals surface area contributed by atoms with Gasteiger partial charge in [0.15, 0.2) is 5.16 Å². The number of aromatic nitrogens is 3. The predicted octanol–water partition coefficient (Wildman–Crippen LogP) is 3.43. The maximum absolute atomic E-state index is 12.6. The molecule has 0 aliphatic carbocycles. The van der Waals surface area contributed by atoms with Gasteiger partial charge in [0.2, 0.25) is 11.8 Å². The van der Waals surface area contributed by atoms with E-state index < -0.39 is 0 Å². The summed E-state index contributed by atoms with van der Waals surface area (Å²) in [6.07, 6.45) is 0. The molecule has 2 aromatic heterocycles. The number of carbonyl (C=O) groups is 1. The van der Waals surface area contributed by atoms with Crippen molar-refractivity contribution in [3.05, 3.63) is 46.4 Å². The third-order valence-corrected chi connectivity index (χ3v) is 4.99. The minimum Gasteiger partial charge on any atom is -0.338 e. The smallest absolute Gasteiger partial charge is 0.262 e. The van der Waals surface area contributed by atoms with Crippen LogP contribution in [0.5, 0.6) is 0 Å². The summed E-state index contributed by atoms with van der Waals surface area (Å²) < 4.78 is 6.75. The molecule has 0 saturated heterocycles. The summed E-state index contributed by atoms with van der Waals surface area (Å²) >= 11 is 1.22. The molecule has 0 aliphatic rings. The molecule has 2 heterocycles. The van der Waals surface area contributed by atoms with Crippen molar-refractivity contribution in [1.29, 1.82) is 0 Å². The molecule has 142 valence electrons. The molecule has 0 fully saturated rings. The molecule has 0 aliphatic heterocycles. The van der Waals surface area contributed by atoms with Gasteiger partial charge >= 0.3 is 0 Å². The van der Waals surface area contributed by atoms with Crippen LogP contribution in [0.15, 0.2) is 44.8 Å². The van der Waals surface area contributed by atoms with Crippen molar-refractivity contribution >= 4 is 34.5 Å². The molecule has 1 amide bonds. The first kappa shape index (κ1) is 19.2. The topological polar surface area (TPSA) is 90.0 Å². The lowest BCUT2D eigenvalue weighted by Gasteiger charge is -2.12. The van der Waals surface area contributed by atoms with Gasteiger partial charge in [-0.2, -0.15) is 0 Å². The van der Waals surface area contributed by atoms with Crippen molar-refractivity contribution in [1.82, 2.24) is 14.7 Å². The Bertz CT molecular complexity index is 1030. The van der Waals surface area contributed by atoms with Crippen molar-refractivity contribution in [2.24, 2.45) is 0 Å². The van der Waals surface area contributed by atoms with Gasteiger partial charge in [0, 0.05) is 18.0 Å². The van der Waals surface area contributed by atoms with Crippen LogP contribution in [0.4, 0.5) is 5.88 Å². The van der Waals surface area contributed by atoms with Crippen molar-refractivity contribution in [3.63, 3.8) is 0 Å². The molecule has 8 heteroatoms. The van der Waals surface area contributed by atoms with Crippen LogP contribution in [-0.2, 0) is 16.8 Å². The second-order valence-corrected chi connectivity index (χ2v) is 8.07. The van der Waals surface area contributed by atoms with E-state index in [1.165, 1.54) is 11.8 Å². The van der Waals surface area contributed by atoms with Crippen LogP contribution in [0.25, 0.3) is 10.9 Å². The Kier molecular flexibility index (Phi) is 5.36. The number of rotatable bonds is 5. The van der Waals surface area contributed by atoms with E-state index in [0.29, 0.717) is 28.5 Å². The average molecular weight is 386 g/mol. The third-order valence-electron chi connectivity index (χ3n) is 4.02. The summed E-state index contributed by atoms with van der Waals surface area (Å²) in [4.78, 5) is 29.4. The van der Waals surface area contributed by atoms with Crippen LogP contribution >= 0.6 is 11.8 Å². The van der Waals surface area contributed by atoms with Gasteiger partial charge in [0.1, 0.15) is 0 Å². The standard InChI is InChI=1S/C19H22N4O3S/c1-5-23-17(25)12-8-6-7-9-13(12)20-18(23)27-11-15(24)21-16-10-14(22-26-16)19(2,3)4/h6-10H,5,11H2,1-4H3,(H,21,24). The van der Waals surface area contributed by atoms with Gasteiger partial charge in [-0.25, -0.2) is 4.98 Å². The maximum atomic E-state index is 12.6. The van der Waals surface area contributed by atoms with Crippen LogP contribution in [0.3, 0.4) is 0 Å². The quantitative estimate of drug-likeness (QED) is 0.534. The van der Waals surface area contributed by atoms with E-state index >= 15 is 0 Å². The van der Waals surface area contributed by atoms with Crippen LogP contribution in [-0.4, -0.2) is 26.4 Å². The van der Waals surface area contributed by atoms with Crippen LogP contribution in [0.2, 0.25) is 0 Å². The number of thioether (sulfide) groups is 1. The fourth-order valence-electron chi connectivity index (χ4n) is 2.53. The zero-order chi connectivity index (χ0) is 19.6. The monoisotopic (exact) mass is 386 g/mol. The molecule has 1 aromatic carbocycles. The third kappa shape index (κ3) is 4.21. The van der Waals surface area contributed by atoms with E-state index in [9.17, 15) is 9.59 Å². The first-order valence-corrected chi connectivity index (χ1v) is 9.67. The van der Waals surface area contributed by atoms with Crippen molar-refractivity contribution < 1.29 is 9.32 Å². The molecule has 3 rings (SSSR count). The van der Waals surface area contributed by atoms with Gasteiger partial charge in [-0.3, -0.25) is 19.5 Å². The van der Waals surface area contributed by atoms with Gasteiger partial charge in [-0.05, 0) is 19.1 Å². The van der Waals surface area contributed by atoms with E-state index in [1.807, 2.05) is 39.8 Å². The Hall–Kier alpha value is -2.61. The van der Waals surface area contributed by atoms with Gasteiger partial charge in [0.25, 0.3) is 5.56 Å². The number of benzene rings is 1. The molecular formula is C19H22N4O3S. The number of fused-ring (bicyclic) bond motifs is 1. The number of amides is 1. The molecule has 0 radical (unpaired) electrons. The molecule has 0 saturated carbocycles. The molecule has 0 atom stereocenters. The minimum atomic E-state index is -0.248. The Labute approximate surface area is 161 Å². The molecule has 0 spiro atoms. The SMILES string of the molecule is CCn1c(SCC(=O)Nc2cc(C(C)(C)C)no2)nc2ccccc2c1=O. The van der Waals surface area contributed by atoms with E-state index in [0.717, 1.165) is 5.69 Å². The summed E-state index contributed by atoms with van der Waals surface area (Å²) in [5.41, 5.74) is 1.13. The number of anilines is 1. The van der Waals surface area contributed by atoms with E-state index in [4.69, 9.17) is 4.52 Å². The number of hydrogen-bond acceptors (Lipinski definition) is 6. The van der Waals surface area contributed by atoms with Gasteiger partial charge in [-0.15, -0.1) is 0 Å². The van der Waals surface area contributed by atoms with Gasteiger partial charge in [0.05, 0.1) is 22.3 Å². The highest BCUT2D eigenvalue weighted by molar-refractivity contribution is 7.99. The van der Waals surface area contributed by atoms with Crippen molar-refractivity contribution in [2.75, 3.05) is 11.1 Å². The molecule has 7 nitrogen and oxygen atoms in total. The highest BCUT2D eigenvalue weighted by Crippen LogP contribution is 2.24. The Morgan fingerprint density at radius 1 is 1.30 bits per heavy atom. The lowest BCUT2D eigenvalue weighted by atomic mass is 9.92. The maximum Gasteiger partial charge on any atom is 0.262 e. The summed E-state index contributed by atoms with van der Waals surface area (Å²) in [7, 11) is 0. The summed E-state index contributed by atoms with van der Waals surface area (Å²) in [5.74, 6) is 0.169. The highest BCUT2D eigenvalue weighted by atomic mass is 32.2. The van der Waals surface area contributed by atoms with Crippen LogP contribution in [0, 0.1) is 0 Å². The first-order valence-electron chi connectivity index (χ1n) is 8.69. The summed E-state index contributed by atoms with van der Waals surface area (Å²) in [5, 5.41) is 7.76. The lowest BCUT2D eigenvalue weighted by Crippen LogP contribution is -2.23. The number of nitrogens with one attached hydrogen (secondary N) is 1. The number of nitrogens with zero attached hydrogens (tertiary/aromatic N) is 3. The van der Waals surface area contributed by atoms with Crippen LogP contribution < -0.4 is 10.9 Å². The molecule has 27 heavy (non-hydrogen) atoms. The number of para-hydroxylation sites is 1. The first-order chi connectivity index (χ1) is 12.8. The van der Waals surface area contributed by atoms with Crippen molar-refractivity contribution in [2.45, 2.75) is 44.8 Å². The Morgan fingerprint density at radius 3 is 2.70 bits per heavy atom. The van der Waals surface area contributed by atoms with E-state index in [2.05, 4.69) is 15.5 Å². The zero-order valence-corrected chi connectivity index (χ0v) is 16.6. The number of carbonyl (C=O) groups excluding carboxylic acids is 1. The second-order valence-electron chi connectivity index (χ2n) is 7.12. The second kappa shape index (κ2) is 7.56. The predicted molar refractivity (Wildman–Crippen MR) is 106 cm³/mol. The molecule has 0 bridgehead atoms. The normalized spacial score (nSPS) is 11.7. The van der Waals surface area contributed by atoms with Gasteiger partial charge < -0.3 is 4.52 Å². The van der Waals surface area contributed by atoms with E-state index in [-0.39, 0.29) is 22.6 Å². The largest absolute Gasteiger partial charge is 0.338 e. The minimum absolute atomic E-state index is 0.101. The summed E-state index contributed by atoms with van der Waals surface area (Å²) in [6.45, 7) is 8.41. The van der Waals surface area contributed by atoms with Crippen LogP contribution in [0.1, 0.15) is 33.4 Å². The van der Waals surface area contributed by atoms with Gasteiger partial charge in [-0.1, -0.05) is 49.8 Å². The average Bonchev–Trinajstić information content (AvgIpc) is 3.09. The fourth-order valence-corrected chi connectivity index (χ4v) is 3.39. The summed E-state index contributed by atoms with van der Waals surface area (Å²) in [6, 6.07) is 8.93.